The molecule has 3 heterocycles. The Morgan fingerprint density at radius 3 is 2.23 bits per heavy atom. The molecule has 0 saturated carbocycles. The minimum Gasteiger partial charge on any atom is -0.361 e. The highest BCUT2D eigenvalue weighted by molar-refractivity contribution is 6.50. The molecule has 5 rings (SSSR count). The van der Waals surface area contributed by atoms with Crippen molar-refractivity contribution in [1.82, 2.24) is 15.3 Å². The van der Waals surface area contributed by atoms with E-state index >= 15 is 0 Å². The van der Waals surface area contributed by atoms with E-state index < -0.39 is 17.6 Å². The van der Waals surface area contributed by atoms with Gasteiger partial charge in [-0.05, 0) is 18.2 Å². The number of carbonyl (C=O) groups is 2. The number of hydrogen-bond acceptors (Lipinski definition) is 2. The van der Waals surface area contributed by atoms with Crippen molar-refractivity contribution in [2.24, 2.45) is 0 Å². The summed E-state index contributed by atoms with van der Waals surface area (Å²) in [5.74, 6) is -1.46. The number of fused-ring (bicyclic) bond motifs is 2. The van der Waals surface area contributed by atoms with Gasteiger partial charge in [-0.1, -0.05) is 24.3 Å². The zero-order valence-corrected chi connectivity index (χ0v) is 13.4. The number of halogens is 1. The van der Waals surface area contributed by atoms with Gasteiger partial charge in [0, 0.05) is 45.3 Å². The topological polar surface area (TPSA) is 77.8 Å². The van der Waals surface area contributed by atoms with Crippen LogP contribution in [0.1, 0.15) is 11.1 Å². The number of carbonyl (C=O) groups excluding carboxylic acids is 2. The molecular formula is C20H12FN3O2. The second-order valence-electron chi connectivity index (χ2n) is 6.15. The van der Waals surface area contributed by atoms with Gasteiger partial charge in [-0.15, -0.1) is 0 Å². The summed E-state index contributed by atoms with van der Waals surface area (Å²) in [6.45, 7) is 0. The molecule has 0 atom stereocenters. The van der Waals surface area contributed by atoms with Gasteiger partial charge in [0.2, 0.25) is 0 Å². The van der Waals surface area contributed by atoms with Crippen LogP contribution in [-0.4, -0.2) is 21.8 Å². The lowest BCUT2D eigenvalue weighted by molar-refractivity contribution is -0.122. The number of hydrogen-bond donors (Lipinski definition) is 3. The molecule has 0 fully saturated rings. The highest BCUT2D eigenvalue weighted by atomic mass is 19.1. The fourth-order valence-corrected chi connectivity index (χ4v) is 3.58. The van der Waals surface area contributed by atoms with Crippen LogP contribution in [0.4, 0.5) is 4.39 Å². The van der Waals surface area contributed by atoms with E-state index in [0.717, 1.165) is 10.9 Å². The molecule has 3 N–H and O–H groups in total. The van der Waals surface area contributed by atoms with Gasteiger partial charge >= 0.3 is 0 Å². The molecule has 4 aromatic rings. The maximum Gasteiger partial charge on any atom is 0.259 e. The summed E-state index contributed by atoms with van der Waals surface area (Å²) in [6, 6.07) is 12.2. The second kappa shape index (κ2) is 5.16. The molecule has 0 bridgehead atoms. The predicted molar refractivity (Wildman–Crippen MR) is 96.5 cm³/mol. The summed E-state index contributed by atoms with van der Waals surface area (Å²) in [6.07, 6.45) is 3.26. The summed E-state index contributed by atoms with van der Waals surface area (Å²) < 4.78 is 14.4. The minimum atomic E-state index is -0.528. The molecule has 2 amide bonds. The fourth-order valence-electron chi connectivity index (χ4n) is 3.58. The molecule has 2 aromatic carbocycles. The number of para-hydroxylation sites is 1. The highest BCUT2D eigenvalue weighted by Gasteiger charge is 2.35. The molecular weight excluding hydrogens is 333 g/mol. The van der Waals surface area contributed by atoms with Crippen molar-refractivity contribution in [1.29, 1.82) is 0 Å². The molecule has 26 heavy (non-hydrogen) atoms. The Hall–Kier alpha value is -3.67. The Labute approximate surface area is 146 Å². The average Bonchev–Trinajstić information content (AvgIpc) is 3.30. The predicted octanol–water partition coefficient (Wildman–Crippen LogP) is 3.36. The van der Waals surface area contributed by atoms with Gasteiger partial charge < -0.3 is 9.97 Å². The molecule has 126 valence electrons. The maximum atomic E-state index is 14.4. The van der Waals surface area contributed by atoms with E-state index in [1.807, 2.05) is 24.3 Å². The lowest BCUT2D eigenvalue weighted by Crippen LogP contribution is -2.22. The summed E-state index contributed by atoms with van der Waals surface area (Å²) in [4.78, 5) is 31.2. The Balaban J connectivity index is 1.87. The van der Waals surface area contributed by atoms with E-state index in [4.69, 9.17) is 0 Å². The first kappa shape index (κ1) is 14.7. The number of benzene rings is 2. The van der Waals surface area contributed by atoms with Gasteiger partial charge in [-0.25, -0.2) is 4.39 Å². The largest absolute Gasteiger partial charge is 0.361 e. The normalized spacial score (nSPS) is 14.7. The number of amides is 2. The Morgan fingerprint density at radius 1 is 0.731 bits per heavy atom. The number of aromatic amines is 2. The van der Waals surface area contributed by atoms with Crippen molar-refractivity contribution >= 4 is 44.8 Å². The quantitative estimate of drug-likeness (QED) is 0.487. The van der Waals surface area contributed by atoms with Gasteiger partial charge in [-0.3, -0.25) is 14.9 Å². The zero-order valence-electron chi connectivity index (χ0n) is 13.4. The first-order valence-electron chi connectivity index (χ1n) is 8.07. The first-order valence-corrected chi connectivity index (χ1v) is 8.07. The Bertz CT molecular complexity index is 1260. The van der Waals surface area contributed by atoms with Crippen molar-refractivity contribution in [3.63, 3.8) is 0 Å². The number of H-pyrrole nitrogens is 2. The van der Waals surface area contributed by atoms with Crippen LogP contribution in [0.25, 0.3) is 33.0 Å². The SMILES string of the molecule is O=C1NC(=O)C(c2c[nH]c3cccc(F)c23)=C1c1c[nH]c2ccccc12. The number of aromatic nitrogens is 2. The van der Waals surface area contributed by atoms with Gasteiger partial charge in [0.15, 0.2) is 0 Å². The van der Waals surface area contributed by atoms with Crippen molar-refractivity contribution in [2.45, 2.75) is 0 Å². The lowest BCUT2D eigenvalue weighted by Gasteiger charge is -2.03. The van der Waals surface area contributed by atoms with Gasteiger partial charge in [0.1, 0.15) is 5.82 Å². The van der Waals surface area contributed by atoms with E-state index in [0.29, 0.717) is 22.0 Å². The molecule has 0 radical (unpaired) electrons. The van der Waals surface area contributed by atoms with Crippen molar-refractivity contribution in [3.05, 3.63) is 71.8 Å². The summed E-state index contributed by atoms with van der Waals surface area (Å²) >= 11 is 0. The summed E-state index contributed by atoms with van der Waals surface area (Å²) in [5, 5.41) is 3.46. The van der Waals surface area contributed by atoms with E-state index in [1.54, 1.807) is 24.5 Å². The molecule has 0 spiro atoms. The van der Waals surface area contributed by atoms with Crippen LogP contribution in [0.5, 0.6) is 0 Å². The van der Waals surface area contributed by atoms with E-state index in [2.05, 4.69) is 15.3 Å². The zero-order chi connectivity index (χ0) is 17.8. The first-order chi connectivity index (χ1) is 12.6. The molecule has 0 aliphatic carbocycles. The molecule has 6 heteroatoms. The summed E-state index contributed by atoms with van der Waals surface area (Å²) in [7, 11) is 0. The van der Waals surface area contributed by atoms with Crippen LogP contribution < -0.4 is 5.32 Å². The third kappa shape index (κ3) is 1.89. The van der Waals surface area contributed by atoms with Crippen LogP contribution in [0.15, 0.2) is 54.9 Å². The maximum absolute atomic E-state index is 14.4. The lowest BCUT2D eigenvalue weighted by atomic mass is 9.95. The molecule has 0 saturated heterocycles. The van der Waals surface area contributed by atoms with Crippen LogP contribution in [-0.2, 0) is 9.59 Å². The molecule has 0 unspecified atom stereocenters. The van der Waals surface area contributed by atoms with Crippen molar-refractivity contribution < 1.29 is 14.0 Å². The highest BCUT2D eigenvalue weighted by Crippen LogP contribution is 2.38. The number of nitrogens with one attached hydrogen (secondary N) is 3. The van der Waals surface area contributed by atoms with Gasteiger partial charge in [0.25, 0.3) is 11.8 Å². The number of imide groups is 1. The average molecular weight is 345 g/mol. The van der Waals surface area contributed by atoms with Gasteiger partial charge in [0.05, 0.1) is 11.1 Å². The second-order valence-corrected chi connectivity index (χ2v) is 6.15. The van der Waals surface area contributed by atoms with E-state index in [-0.39, 0.29) is 11.1 Å². The molecule has 1 aliphatic heterocycles. The van der Waals surface area contributed by atoms with Crippen molar-refractivity contribution in [3.8, 4) is 0 Å². The Morgan fingerprint density at radius 2 is 1.38 bits per heavy atom. The monoisotopic (exact) mass is 345 g/mol. The van der Waals surface area contributed by atoms with E-state index in [1.165, 1.54) is 6.07 Å². The third-order valence-electron chi connectivity index (χ3n) is 4.71. The standard InChI is InChI=1S/C20H12FN3O2/c21-13-5-3-7-15-16(13)12(9-23-15)18-17(19(25)24-20(18)26)11-8-22-14-6-2-1-4-10(11)14/h1-9,22-23H,(H,24,25,26). The third-order valence-corrected chi connectivity index (χ3v) is 4.71. The number of rotatable bonds is 2. The van der Waals surface area contributed by atoms with Gasteiger partial charge in [-0.2, -0.15) is 0 Å². The fraction of sp³-hybridized carbons (Fsp3) is 0. The summed E-state index contributed by atoms with van der Waals surface area (Å²) in [5.41, 5.74) is 2.84. The Kier molecular flexibility index (Phi) is 2.91. The van der Waals surface area contributed by atoms with Crippen LogP contribution in [0.3, 0.4) is 0 Å². The smallest absolute Gasteiger partial charge is 0.259 e. The van der Waals surface area contributed by atoms with Crippen molar-refractivity contribution in [2.75, 3.05) is 0 Å². The molecule has 5 nitrogen and oxygen atoms in total. The molecule has 2 aromatic heterocycles. The van der Waals surface area contributed by atoms with Crippen LogP contribution >= 0.6 is 0 Å². The van der Waals surface area contributed by atoms with Crippen LogP contribution in [0, 0.1) is 5.82 Å². The minimum absolute atomic E-state index is 0.177. The molecule has 1 aliphatic rings. The van der Waals surface area contributed by atoms with E-state index in [9.17, 15) is 14.0 Å². The van der Waals surface area contributed by atoms with Crippen LogP contribution in [0.2, 0.25) is 0 Å².